The molecule has 0 fully saturated rings. The van der Waals surface area contributed by atoms with Gasteiger partial charge in [-0.3, -0.25) is 14.5 Å². The number of nitrogens with one attached hydrogen (secondary N) is 2. The van der Waals surface area contributed by atoms with Crippen molar-refractivity contribution in [2.45, 2.75) is 53.1 Å². The molecule has 5 rings (SSSR count). The summed E-state index contributed by atoms with van der Waals surface area (Å²) >= 11 is 0. The van der Waals surface area contributed by atoms with Crippen LogP contribution in [0.3, 0.4) is 0 Å². The van der Waals surface area contributed by atoms with E-state index in [9.17, 15) is 14.4 Å². The number of para-hydroxylation sites is 1. The van der Waals surface area contributed by atoms with Gasteiger partial charge in [-0.15, -0.1) is 0 Å². The van der Waals surface area contributed by atoms with Crippen molar-refractivity contribution in [2.24, 2.45) is 5.92 Å². The zero-order valence-corrected chi connectivity index (χ0v) is 24.8. The van der Waals surface area contributed by atoms with Crippen molar-refractivity contribution < 1.29 is 19.1 Å². The van der Waals surface area contributed by atoms with Crippen LogP contribution >= 0.6 is 0 Å². The van der Waals surface area contributed by atoms with E-state index in [1.807, 2.05) is 107 Å². The van der Waals surface area contributed by atoms with Gasteiger partial charge in [0, 0.05) is 12.2 Å². The second kappa shape index (κ2) is 12.1. The lowest BCUT2D eigenvalue weighted by Crippen LogP contribution is -2.47. The molecule has 0 aromatic heterocycles. The van der Waals surface area contributed by atoms with Crippen LogP contribution < -0.4 is 15.4 Å². The summed E-state index contributed by atoms with van der Waals surface area (Å²) in [5.74, 6) is 0.966. The average Bonchev–Trinajstić information content (AvgIpc) is 3.27. The number of aryl methyl sites for hydroxylation is 2. The maximum atomic E-state index is 14.2. The number of urea groups is 1. The number of anilines is 1. The highest BCUT2D eigenvalue weighted by atomic mass is 16.5. The van der Waals surface area contributed by atoms with Crippen LogP contribution in [0.2, 0.25) is 0 Å². The van der Waals surface area contributed by atoms with Gasteiger partial charge in [0.05, 0.1) is 23.9 Å². The third-order valence-electron chi connectivity index (χ3n) is 7.60. The number of benzene rings is 3. The largest absolute Gasteiger partial charge is 0.457 e. The number of carbonyl (C=O) groups is 3. The van der Waals surface area contributed by atoms with Crippen molar-refractivity contribution in [3.8, 4) is 11.5 Å². The molecule has 0 unspecified atom stereocenters. The first kappa shape index (κ1) is 28.9. The number of ether oxygens (including phenoxy) is 1. The van der Waals surface area contributed by atoms with Gasteiger partial charge in [0.15, 0.2) is 0 Å². The van der Waals surface area contributed by atoms with Gasteiger partial charge in [-0.05, 0) is 86.2 Å². The van der Waals surface area contributed by atoms with Crippen molar-refractivity contribution in [1.29, 1.82) is 0 Å². The van der Waals surface area contributed by atoms with Crippen molar-refractivity contribution >= 4 is 23.5 Å². The van der Waals surface area contributed by atoms with Gasteiger partial charge >= 0.3 is 6.03 Å². The number of hydrogen-bond acceptors (Lipinski definition) is 4. The van der Waals surface area contributed by atoms with Crippen LogP contribution in [0.15, 0.2) is 84.1 Å². The van der Waals surface area contributed by atoms with E-state index in [-0.39, 0.29) is 30.3 Å². The third kappa shape index (κ3) is 6.03. The highest BCUT2D eigenvalue weighted by Gasteiger charge is 2.47. The molecular weight excluding hydrogens is 528 g/mol. The summed E-state index contributed by atoms with van der Waals surface area (Å²) in [5.41, 5.74) is 4.65. The minimum atomic E-state index is -0.703. The van der Waals surface area contributed by atoms with Crippen molar-refractivity contribution in [3.63, 3.8) is 0 Å². The highest BCUT2D eigenvalue weighted by Crippen LogP contribution is 2.39. The number of nitrogens with zero attached hydrogens (tertiary/aromatic N) is 2. The molecule has 4 amide bonds. The fourth-order valence-corrected chi connectivity index (χ4v) is 5.83. The molecule has 3 aromatic carbocycles. The van der Waals surface area contributed by atoms with Crippen LogP contribution in [0.1, 0.15) is 49.9 Å². The first-order chi connectivity index (χ1) is 20.1. The molecule has 0 aliphatic carbocycles. The Morgan fingerprint density at radius 3 is 2.33 bits per heavy atom. The SMILES string of the molecule is CCN1C(=O)N[C@H](c2cccc(Oc3ccccc3)c2)C2=C1CN([C@@H](CC(C)C)C(=O)Nc1cc(C)cc(C)c1)C2=O. The van der Waals surface area contributed by atoms with E-state index in [1.54, 1.807) is 9.80 Å². The van der Waals surface area contributed by atoms with E-state index in [4.69, 9.17) is 4.74 Å². The standard InChI is InChI=1S/C34H38N4O4/c1-6-37-29-20-38(28(15-21(2)3)32(39)35-25-17-22(4)16-23(5)18-25)33(40)30(29)31(36-34(37)41)24-11-10-14-27(19-24)42-26-12-8-7-9-13-26/h7-14,16-19,21,28,31H,6,15,20H2,1-5H3,(H,35,39)(H,36,41)/t28-,31+/m0/s1. The Bertz CT molecular complexity index is 1510. The van der Waals surface area contributed by atoms with Gasteiger partial charge in [-0.2, -0.15) is 0 Å². The topological polar surface area (TPSA) is 91.0 Å². The molecule has 0 bridgehead atoms. The van der Waals surface area contributed by atoms with Crippen LogP contribution in [0.4, 0.5) is 10.5 Å². The number of carbonyl (C=O) groups excluding carboxylic acids is 3. The van der Waals surface area contributed by atoms with Gasteiger partial charge in [-0.25, -0.2) is 4.79 Å². The Balaban J connectivity index is 1.47. The zero-order valence-electron chi connectivity index (χ0n) is 24.8. The number of hydrogen-bond donors (Lipinski definition) is 2. The molecule has 2 aliphatic heterocycles. The molecular formula is C34H38N4O4. The summed E-state index contributed by atoms with van der Waals surface area (Å²) in [6, 6.07) is 21.1. The smallest absolute Gasteiger partial charge is 0.322 e. The van der Waals surface area contributed by atoms with Crippen LogP contribution in [0.5, 0.6) is 11.5 Å². The molecule has 42 heavy (non-hydrogen) atoms. The summed E-state index contributed by atoms with van der Waals surface area (Å²) in [5, 5.41) is 6.09. The van der Waals surface area contributed by atoms with E-state index < -0.39 is 12.1 Å². The molecule has 3 aromatic rings. The van der Waals surface area contributed by atoms with Crippen molar-refractivity contribution in [1.82, 2.24) is 15.1 Å². The maximum Gasteiger partial charge on any atom is 0.322 e. The molecule has 218 valence electrons. The van der Waals surface area contributed by atoms with E-state index in [1.165, 1.54) is 0 Å². The Hall–Kier alpha value is -4.59. The Morgan fingerprint density at radius 2 is 1.67 bits per heavy atom. The highest BCUT2D eigenvalue weighted by molar-refractivity contribution is 6.05. The van der Waals surface area contributed by atoms with Crippen LogP contribution in [0, 0.1) is 19.8 Å². The van der Waals surface area contributed by atoms with E-state index >= 15 is 0 Å². The molecule has 0 saturated heterocycles. The molecule has 8 nitrogen and oxygen atoms in total. The molecule has 8 heteroatoms. The Kier molecular flexibility index (Phi) is 8.34. The Morgan fingerprint density at radius 1 is 0.976 bits per heavy atom. The number of amides is 4. The van der Waals surface area contributed by atoms with E-state index in [0.717, 1.165) is 16.7 Å². The van der Waals surface area contributed by atoms with Crippen molar-refractivity contribution in [3.05, 3.63) is 101 Å². The fourth-order valence-electron chi connectivity index (χ4n) is 5.83. The van der Waals surface area contributed by atoms with Gasteiger partial charge in [0.2, 0.25) is 5.91 Å². The maximum absolute atomic E-state index is 14.2. The lowest BCUT2D eigenvalue weighted by molar-refractivity contribution is -0.134. The molecule has 0 saturated carbocycles. The van der Waals surface area contributed by atoms with E-state index in [2.05, 4.69) is 10.6 Å². The molecule has 2 N–H and O–H groups in total. The first-order valence-corrected chi connectivity index (χ1v) is 14.5. The first-order valence-electron chi connectivity index (χ1n) is 14.5. The molecule has 2 heterocycles. The zero-order chi connectivity index (χ0) is 30.0. The lowest BCUT2D eigenvalue weighted by atomic mass is 9.95. The summed E-state index contributed by atoms with van der Waals surface area (Å²) < 4.78 is 6.04. The van der Waals surface area contributed by atoms with E-state index in [0.29, 0.717) is 41.4 Å². The second-order valence-electron chi connectivity index (χ2n) is 11.4. The minimum Gasteiger partial charge on any atom is -0.457 e. The summed E-state index contributed by atoms with van der Waals surface area (Å²) in [7, 11) is 0. The predicted molar refractivity (Wildman–Crippen MR) is 163 cm³/mol. The Labute approximate surface area is 247 Å². The lowest BCUT2D eigenvalue weighted by Gasteiger charge is -2.33. The molecule has 0 radical (unpaired) electrons. The van der Waals surface area contributed by atoms with Gasteiger partial charge < -0.3 is 20.3 Å². The second-order valence-corrected chi connectivity index (χ2v) is 11.4. The van der Waals surface area contributed by atoms with Gasteiger partial charge in [0.1, 0.15) is 17.5 Å². The molecule has 2 atom stereocenters. The fraction of sp³-hybridized carbons (Fsp3) is 0.324. The predicted octanol–water partition coefficient (Wildman–Crippen LogP) is 6.33. The summed E-state index contributed by atoms with van der Waals surface area (Å²) in [6.07, 6.45) is 0.488. The normalized spacial score (nSPS) is 17.3. The van der Waals surface area contributed by atoms with Crippen LogP contribution in [-0.2, 0) is 9.59 Å². The number of likely N-dealkylation sites (N-methyl/N-ethyl adjacent to an activating group) is 1. The third-order valence-corrected chi connectivity index (χ3v) is 7.60. The quantitative estimate of drug-likeness (QED) is 0.317. The van der Waals surface area contributed by atoms with Crippen LogP contribution in [-0.4, -0.2) is 46.8 Å². The minimum absolute atomic E-state index is 0.162. The summed E-state index contributed by atoms with van der Waals surface area (Å²) in [4.78, 5) is 44.5. The average molecular weight is 567 g/mol. The summed E-state index contributed by atoms with van der Waals surface area (Å²) in [6.45, 7) is 10.5. The van der Waals surface area contributed by atoms with Crippen LogP contribution in [0.25, 0.3) is 0 Å². The molecule has 0 spiro atoms. The van der Waals surface area contributed by atoms with Crippen molar-refractivity contribution in [2.75, 3.05) is 18.4 Å². The monoisotopic (exact) mass is 566 g/mol. The van der Waals surface area contributed by atoms with Gasteiger partial charge in [-0.1, -0.05) is 50.2 Å². The van der Waals surface area contributed by atoms with Gasteiger partial charge in [0.25, 0.3) is 5.91 Å². The number of rotatable bonds is 9. The molecule has 2 aliphatic rings.